The third-order valence-electron chi connectivity index (χ3n) is 5.83. The number of hydrogen-bond acceptors (Lipinski definition) is 4. The van der Waals surface area contributed by atoms with Crippen LogP contribution in [0.1, 0.15) is 43.0 Å². The Bertz CT molecular complexity index is 810. The average molecular weight is 381 g/mol. The largest absolute Gasteiger partial charge is 0.342 e. The second-order valence-corrected chi connectivity index (χ2v) is 7.95. The molecule has 7 heteroatoms. The van der Waals surface area contributed by atoms with Gasteiger partial charge in [0, 0.05) is 50.7 Å². The van der Waals surface area contributed by atoms with E-state index >= 15 is 0 Å². The minimum Gasteiger partial charge on any atom is -0.342 e. The van der Waals surface area contributed by atoms with Crippen LogP contribution in [0.4, 0.5) is 0 Å². The van der Waals surface area contributed by atoms with Gasteiger partial charge in [0.25, 0.3) is 5.91 Å². The standard InChI is InChI=1S/C21H27N5O2/c1-16-4-2-10-25(15-16)20(27)17-7-12-24(13-8-17)21(28)18-5-6-19(22-14-18)26-11-3-9-23-26/h3,5-6,9,11,14,16-17H,2,4,7-8,10,12-13,15H2,1H3. The summed E-state index contributed by atoms with van der Waals surface area (Å²) >= 11 is 0. The predicted octanol–water partition coefficient (Wildman–Crippen LogP) is 2.38. The predicted molar refractivity (Wildman–Crippen MR) is 105 cm³/mol. The van der Waals surface area contributed by atoms with Crippen LogP contribution >= 0.6 is 0 Å². The highest BCUT2D eigenvalue weighted by atomic mass is 16.2. The van der Waals surface area contributed by atoms with Crippen LogP contribution in [0.3, 0.4) is 0 Å². The lowest BCUT2D eigenvalue weighted by atomic mass is 9.92. The van der Waals surface area contributed by atoms with E-state index in [2.05, 4.69) is 17.0 Å². The average Bonchev–Trinajstić information content (AvgIpc) is 3.28. The number of amides is 2. The molecule has 1 atom stereocenters. The van der Waals surface area contributed by atoms with E-state index in [1.165, 1.54) is 6.42 Å². The summed E-state index contributed by atoms with van der Waals surface area (Å²) < 4.78 is 1.66. The number of piperidine rings is 2. The molecule has 2 fully saturated rings. The molecule has 4 rings (SSSR count). The Morgan fingerprint density at radius 1 is 1.07 bits per heavy atom. The molecule has 0 aromatic carbocycles. The van der Waals surface area contributed by atoms with Gasteiger partial charge in [-0.1, -0.05) is 6.92 Å². The first-order chi connectivity index (χ1) is 13.6. The van der Waals surface area contributed by atoms with Crippen molar-refractivity contribution in [1.29, 1.82) is 0 Å². The Labute approximate surface area is 165 Å². The highest BCUT2D eigenvalue weighted by molar-refractivity contribution is 5.94. The smallest absolute Gasteiger partial charge is 0.255 e. The van der Waals surface area contributed by atoms with Gasteiger partial charge < -0.3 is 9.80 Å². The van der Waals surface area contributed by atoms with Gasteiger partial charge in [0.1, 0.15) is 0 Å². The molecule has 2 aliphatic heterocycles. The van der Waals surface area contributed by atoms with Gasteiger partial charge in [0.05, 0.1) is 5.56 Å². The van der Waals surface area contributed by atoms with Gasteiger partial charge in [-0.25, -0.2) is 9.67 Å². The summed E-state index contributed by atoms with van der Waals surface area (Å²) in [5, 5.41) is 4.14. The minimum atomic E-state index is -0.0167. The maximum Gasteiger partial charge on any atom is 0.255 e. The summed E-state index contributed by atoms with van der Waals surface area (Å²) in [4.78, 5) is 33.8. The molecular weight excluding hydrogens is 354 g/mol. The van der Waals surface area contributed by atoms with Crippen LogP contribution in [-0.2, 0) is 4.79 Å². The van der Waals surface area contributed by atoms with Crippen LogP contribution < -0.4 is 0 Å². The number of carbonyl (C=O) groups is 2. The second kappa shape index (κ2) is 8.12. The fraction of sp³-hybridized carbons (Fsp3) is 0.524. The molecule has 2 aliphatic rings. The molecule has 0 saturated carbocycles. The molecule has 2 saturated heterocycles. The minimum absolute atomic E-state index is 0.0167. The van der Waals surface area contributed by atoms with Gasteiger partial charge in [0.15, 0.2) is 5.82 Å². The topological polar surface area (TPSA) is 71.3 Å². The molecule has 28 heavy (non-hydrogen) atoms. The van der Waals surface area contributed by atoms with Gasteiger partial charge in [-0.3, -0.25) is 9.59 Å². The Hall–Kier alpha value is -2.70. The summed E-state index contributed by atoms with van der Waals surface area (Å²) in [5.74, 6) is 1.59. The third kappa shape index (κ3) is 3.93. The highest BCUT2D eigenvalue weighted by Crippen LogP contribution is 2.24. The van der Waals surface area contributed by atoms with Crippen molar-refractivity contribution in [3.05, 3.63) is 42.4 Å². The summed E-state index contributed by atoms with van der Waals surface area (Å²) in [6.07, 6.45) is 8.91. The molecule has 7 nitrogen and oxygen atoms in total. The van der Waals surface area contributed by atoms with E-state index in [1.54, 1.807) is 29.2 Å². The first kappa shape index (κ1) is 18.7. The van der Waals surface area contributed by atoms with Gasteiger partial charge >= 0.3 is 0 Å². The van der Waals surface area contributed by atoms with Gasteiger partial charge in [-0.2, -0.15) is 5.10 Å². The Morgan fingerprint density at radius 2 is 1.89 bits per heavy atom. The zero-order chi connectivity index (χ0) is 19.5. The van der Waals surface area contributed by atoms with E-state index in [9.17, 15) is 9.59 Å². The third-order valence-corrected chi connectivity index (χ3v) is 5.83. The Morgan fingerprint density at radius 3 is 2.54 bits per heavy atom. The zero-order valence-electron chi connectivity index (χ0n) is 16.3. The van der Waals surface area contributed by atoms with Crippen molar-refractivity contribution in [3.63, 3.8) is 0 Å². The lowest BCUT2D eigenvalue weighted by Gasteiger charge is -2.37. The SMILES string of the molecule is CC1CCCN(C(=O)C2CCN(C(=O)c3ccc(-n4cccn4)nc3)CC2)C1. The maximum atomic E-state index is 12.8. The van der Waals surface area contributed by atoms with Crippen LogP contribution in [-0.4, -0.2) is 62.6 Å². The molecule has 0 bridgehead atoms. The molecule has 0 aliphatic carbocycles. The summed E-state index contributed by atoms with van der Waals surface area (Å²) in [7, 11) is 0. The molecule has 148 valence electrons. The van der Waals surface area contributed by atoms with Crippen LogP contribution in [0.25, 0.3) is 5.82 Å². The summed E-state index contributed by atoms with van der Waals surface area (Å²) in [5.41, 5.74) is 0.575. The molecule has 2 amide bonds. The van der Waals surface area contributed by atoms with E-state index in [0.29, 0.717) is 30.4 Å². The first-order valence-corrected chi connectivity index (χ1v) is 10.2. The van der Waals surface area contributed by atoms with Crippen molar-refractivity contribution in [2.45, 2.75) is 32.6 Å². The van der Waals surface area contributed by atoms with Crippen molar-refractivity contribution in [2.75, 3.05) is 26.2 Å². The van der Waals surface area contributed by atoms with Crippen molar-refractivity contribution in [3.8, 4) is 5.82 Å². The van der Waals surface area contributed by atoms with Crippen molar-refractivity contribution >= 4 is 11.8 Å². The monoisotopic (exact) mass is 381 g/mol. The summed E-state index contributed by atoms with van der Waals surface area (Å²) in [6.45, 7) is 5.23. The van der Waals surface area contributed by atoms with Crippen molar-refractivity contribution in [2.24, 2.45) is 11.8 Å². The number of rotatable bonds is 3. The van der Waals surface area contributed by atoms with Crippen LogP contribution in [0.5, 0.6) is 0 Å². The number of likely N-dealkylation sites (tertiary alicyclic amines) is 2. The quantitative estimate of drug-likeness (QED) is 0.818. The van der Waals surface area contributed by atoms with E-state index in [-0.39, 0.29) is 17.7 Å². The molecular formula is C21H27N5O2. The Balaban J connectivity index is 1.33. The fourth-order valence-corrected chi connectivity index (χ4v) is 4.21. The van der Waals surface area contributed by atoms with Crippen LogP contribution in [0, 0.1) is 11.8 Å². The number of carbonyl (C=O) groups excluding carboxylic acids is 2. The lowest BCUT2D eigenvalue weighted by Crippen LogP contribution is -2.47. The number of aromatic nitrogens is 3. The Kier molecular flexibility index (Phi) is 5.41. The molecule has 1 unspecified atom stereocenters. The number of pyridine rings is 1. The van der Waals surface area contributed by atoms with Crippen LogP contribution in [0.15, 0.2) is 36.8 Å². The van der Waals surface area contributed by atoms with E-state index in [0.717, 1.165) is 32.4 Å². The van der Waals surface area contributed by atoms with Crippen molar-refractivity contribution in [1.82, 2.24) is 24.6 Å². The summed E-state index contributed by atoms with van der Waals surface area (Å²) in [6, 6.07) is 5.42. The zero-order valence-corrected chi connectivity index (χ0v) is 16.3. The normalized spacial score (nSPS) is 21.0. The lowest BCUT2D eigenvalue weighted by molar-refractivity contribution is -0.138. The first-order valence-electron chi connectivity index (χ1n) is 10.2. The van der Waals surface area contributed by atoms with Gasteiger partial charge in [-0.15, -0.1) is 0 Å². The highest BCUT2D eigenvalue weighted by Gasteiger charge is 2.32. The van der Waals surface area contributed by atoms with Gasteiger partial charge in [0.2, 0.25) is 5.91 Å². The molecule has 2 aromatic heterocycles. The molecule has 4 heterocycles. The molecule has 0 spiro atoms. The van der Waals surface area contributed by atoms with E-state index in [1.807, 2.05) is 22.1 Å². The van der Waals surface area contributed by atoms with E-state index < -0.39 is 0 Å². The number of nitrogens with zero attached hydrogens (tertiary/aromatic N) is 5. The molecule has 0 N–H and O–H groups in total. The fourth-order valence-electron chi connectivity index (χ4n) is 4.21. The van der Waals surface area contributed by atoms with Gasteiger partial charge in [-0.05, 0) is 49.8 Å². The maximum absolute atomic E-state index is 12.8. The molecule has 0 radical (unpaired) electrons. The second-order valence-electron chi connectivity index (χ2n) is 7.95. The number of hydrogen-bond donors (Lipinski definition) is 0. The van der Waals surface area contributed by atoms with E-state index in [4.69, 9.17) is 0 Å². The van der Waals surface area contributed by atoms with Crippen LogP contribution in [0.2, 0.25) is 0 Å². The van der Waals surface area contributed by atoms with Crippen molar-refractivity contribution < 1.29 is 9.59 Å². The molecule has 2 aromatic rings.